The Balaban J connectivity index is 0. The fourth-order valence-corrected chi connectivity index (χ4v) is 0.256. The maximum atomic E-state index is 10.1. The zero-order chi connectivity index (χ0) is 11.1. The summed E-state index contributed by atoms with van der Waals surface area (Å²) in [6, 6.07) is -0.843. The van der Waals surface area contributed by atoms with Gasteiger partial charge in [0.05, 0.1) is 5.75 Å². The fourth-order valence-electron chi connectivity index (χ4n) is 0.177. The number of thiol groups is 2. The molecule has 0 atom stereocenters. The average Bonchev–Trinajstić information content (AvgIpc) is 1.82. The van der Waals surface area contributed by atoms with Crippen LogP contribution in [0.4, 0.5) is 4.79 Å². The molecule has 13 heavy (non-hydrogen) atoms. The standard InChI is InChI=1S/C3H6N2O2S.H3O2PS2/c4-3(7)5-2(6)1-8;1-3(2,4)5/h8H,1H2,(H3,4,5,6,7);(H3,1,2,4,5). The molecule has 0 saturated carbocycles. The Labute approximate surface area is 90.6 Å². The summed E-state index contributed by atoms with van der Waals surface area (Å²) in [5.74, 6) is -0.510. The summed E-state index contributed by atoms with van der Waals surface area (Å²) in [5, 5.41) is 1.82. The van der Waals surface area contributed by atoms with Crippen molar-refractivity contribution in [2.24, 2.45) is 5.73 Å². The number of imide groups is 1. The van der Waals surface area contributed by atoms with Crippen LogP contribution in [-0.4, -0.2) is 27.5 Å². The van der Waals surface area contributed by atoms with E-state index in [9.17, 15) is 9.59 Å². The summed E-state index contributed by atoms with van der Waals surface area (Å²) >= 11 is 10.6. The van der Waals surface area contributed by atoms with Crippen molar-refractivity contribution in [2.45, 2.75) is 0 Å². The number of carbonyl (C=O) groups excluding carboxylic acids is 2. The summed E-state index contributed by atoms with van der Waals surface area (Å²) in [7, 11) is 0. The van der Waals surface area contributed by atoms with Crippen molar-refractivity contribution in [2.75, 3.05) is 5.75 Å². The SMILES string of the molecule is NC(=O)NC(=O)CS.OP(O)(=S)S. The molecule has 0 aromatic heterocycles. The van der Waals surface area contributed by atoms with E-state index in [-0.39, 0.29) is 5.75 Å². The van der Waals surface area contributed by atoms with E-state index in [4.69, 9.17) is 9.79 Å². The van der Waals surface area contributed by atoms with Crippen molar-refractivity contribution in [1.82, 2.24) is 5.32 Å². The van der Waals surface area contributed by atoms with Gasteiger partial charge in [-0.1, -0.05) is 12.2 Å². The van der Waals surface area contributed by atoms with Crippen LogP contribution in [0.25, 0.3) is 0 Å². The number of amides is 3. The minimum Gasteiger partial charge on any atom is -0.351 e. The van der Waals surface area contributed by atoms with E-state index in [1.165, 1.54) is 0 Å². The summed E-state index contributed by atoms with van der Waals surface area (Å²) in [4.78, 5) is 35.7. The Hall–Kier alpha value is 0.210. The van der Waals surface area contributed by atoms with Crippen LogP contribution < -0.4 is 11.1 Å². The van der Waals surface area contributed by atoms with Crippen LogP contribution in [0.15, 0.2) is 0 Å². The van der Waals surface area contributed by atoms with Gasteiger partial charge in [-0.05, 0) is 11.8 Å². The molecular weight excluding hydrogens is 255 g/mol. The molecule has 0 aliphatic carbocycles. The molecule has 0 aliphatic rings. The predicted molar refractivity (Wildman–Crippen MR) is 59.3 cm³/mol. The largest absolute Gasteiger partial charge is 0.351 e. The molecule has 5 N–H and O–H groups in total. The molecule has 0 fully saturated rings. The Morgan fingerprint density at radius 1 is 1.54 bits per heavy atom. The van der Waals surface area contributed by atoms with Gasteiger partial charge in [0, 0.05) is 0 Å². The molecule has 3 amide bonds. The molecule has 6 nitrogen and oxygen atoms in total. The molecule has 0 aromatic carbocycles. The third-order valence-electron chi connectivity index (χ3n) is 0.406. The van der Waals surface area contributed by atoms with Crippen LogP contribution in [0.5, 0.6) is 0 Å². The van der Waals surface area contributed by atoms with Gasteiger partial charge >= 0.3 is 6.03 Å². The van der Waals surface area contributed by atoms with Crippen molar-refractivity contribution in [3.05, 3.63) is 0 Å². The third kappa shape index (κ3) is 33.0. The highest BCUT2D eigenvalue weighted by atomic mass is 32.9. The van der Waals surface area contributed by atoms with Gasteiger partial charge in [0.15, 0.2) is 0 Å². The van der Waals surface area contributed by atoms with Crippen LogP contribution in [-0.2, 0) is 16.6 Å². The number of urea groups is 1. The molecule has 0 aliphatic heterocycles. The van der Waals surface area contributed by atoms with E-state index < -0.39 is 17.6 Å². The summed E-state index contributed by atoms with van der Waals surface area (Å²) in [6.45, 7) is 0. The first kappa shape index (κ1) is 15.7. The second-order valence-corrected chi connectivity index (χ2v) is 6.94. The van der Waals surface area contributed by atoms with Gasteiger partial charge in [-0.25, -0.2) is 4.79 Å². The van der Waals surface area contributed by atoms with Crippen LogP contribution in [0.1, 0.15) is 0 Å². The van der Waals surface area contributed by atoms with Gasteiger partial charge < -0.3 is 15.5 Å². The zero-order valence-corrected chi connectivity index (χ0v) is 9.75. The number of nitrogens with one attached hydrogen (secondary N) is 1. The van der Waals surface area contributed by atoms with Crippen molar-refractivity contribution in [3.63, 3.8) is 0 Å². The third-order valence-corrected chi connectivity index (χ3v) is 0.693. The number of primary amides is 1. The molecule has 10 heteroatoms. The molecule has 0 rings (SSSR count). The van der Waals surface area contributed by atoms with Crippen LogP contribution in [0, 0.1) is 0 Å². The second kappa shape index (κ2) is 7.60. The van der Waals surface area contributed by atoms with Gasteiger partial charge in [-0.2, -0.15) is 12.6 Å². The fraction of sp³-hybridized carbons (Fsp3) is 0.333. The molecular formula is C3H9N2O4PS3. The van der Waals surface area contributed by atoms with Crippen LogP contribution in [0.2, 0.25) is 0 Å². The van der Waals surface area contributed by atoms with E-state index >= 15 is 0 Å². The van der Waals surface area contributed by atoms with Crippen molar-refractivity contribution in [1.29, 1.82) is 0 Å². The van der Waals surface area contributed by atoms with Gasteiger partial charge in [-0.3, -0.25) is 10.1 Å². The Morgan fingerprint density at radius 3 is 1.92 bits per heavy atom. The molecule has 0 saturated heterocycles. The number of rotatable bonds is 1. The molecule has 0 bridgehead atoms. The van der Waals surface area contributed by atoms with E-state index in [1.54, 1.807) is 0 Å². The lowest BCUT2D eigenvalue weighted by Gasteiger charge is -1.92. The monoisotopic (exact) mass is 264 g/mol. The van der Waals surface area contributed by atoms with Gasteiger partial charge in [0.2, 0.25) is 11.6 Å². The van der Waals surface area contributed by atoms with Crippen molar-refractivity contribution in [3.8, 4) is 0 Å². The quantitative estimate of drug-likeness (QED) is 0.275. The summed E-state index contributed by atoms with van der Waals surface area (Å²) in [5.41, 5.74) is 1.45. The van der Waals surface area contributed by atoms with E-state index in [0.29, 0.717) is 0 Å². The molecule has 0 unspecified atom stereocenters. The molecule has 78 valence electrons. The highest BCUT2D eigenvalue weighted by Crippen LogP contribution is 2.39. The Bertz CT molecular complexity index is 220. The van der Waals surface area contributed by atoms with E-state index in [2.05, 4.69) is 42.4 Å². The van der Waals surface area contributed by atoms with Crippen LogP contribution in [0.3, 0.4) is 0 Å². The van der Waals surface area contributed by atoms with Gasteiger partial charge in [0.1, 0.15) is 0 Å². The van der Waals surface area contributed by atoms with Crippen molar-refractivity contribution >= 4 is 54.3 Å². The number of nitrogens with two attached hydrogens (primary N) is 1. The minimum absolute atomic E-state index is 0.0249. The van der Waals surface area contributed by atoms with Crippen LogP contribution >= 0.6 is 30.6 Å². The zero-order valence-electron chi connectivity index (χ0n) is 6.25. The maximum absolute atomic E-state index is 10.1. The lowest BCUT2D eigenvalue weighted by molar-refractivity contribution is -0.117. The topological polar surface area (TPSA) is 113 Å². The molecule has 0 radical (unpaired) electrons. The molecule has 0 heterocycles. The average molecular weight is 264 g/mol. The number of carbonyl (C=O) groups is 2. The first-order valence-electron chi connectivity index (χ1n) is 2.65. The number of hydrogen-bond donors (Lipinski definition) is 6. The highest BCUT2D eigenvalue weighted by Gasteiger charge is 1.97. The van der Waals surface area contributed by atoms with Gasteiger partial charge in [-0.15, -0.1) is 0 Å². The first-order valence-corrected chi connectivity index (χ1v) is 7.14. The second-order valence-electron chi connectivity index (χ2n) is 1.58. The van der Waals surface area contributed by atoms with Gasteiger partial charge in [0.25, 0.3) is 0 Å². The lowest BCUT2D eigenvalue weighted by Crippen LogP contribution is -2.35. The predicted octanol–water partition coefficient (Wildman–Crippen LogP) is -0.764. The smallest absolute Gasteiger partial charge is 0.318 e. The summed E-state index contributed by atoms with van der Waals surface area (Å²) in [6.07, 6.45) is 0. The van der Waals surface area contributed by atoms with E-state index in [1.807, 2.05) is 5.32 Å². The first-order chi connectivity index (χ1) is 5.66. The van der Waals surface area contributed by atoms with E-state index in [0.717, 1.165) is 0 Å². The Morgan fingerprint density at radius 2 is 1.85 bits per heavy atom. The molecule has 0 spiro atoms. The maximum Gasteiger partial charge on any atom is 0.318 e. The van der Waals surface area contributed by atoms with Crippen molar-refractivity contribution < 1.29 is 19.4 Å². The lowest BCUT2D eigenvalue weighted by atomic mass is 10.7. The minimum atomic E-state index is -3.11. The molecule has 0 aromatic rings. The Kier molecular flexibility index (Phi) is 9.16. The summed E-state index contributed by atoms with van der Waals surface area (Å²) < 4.78 is 0. The number of hydrogen-bond acceptors (Lipinski definition) is 4. The highest BCUT2D eigenvalue weighted by molar-refractivity contribution is 8.59. The normalized spacial score (nSPS) is 9.54.